The molecule has 1 aromatic carbocycles. The Morgan fingerprint density at radius 2 is 1.74 bits per heavy atom. The molecule has 0 saturated heterocycles. The molecular formula is C24H24N4O6. The lowest BCUT2D eigenvalue weighted by Crippen LogP contribution is -2.46. The number of carbonyl (C=O) groups excluding carboxylic acids is 2. The normalized spacial score (nSPS) is 14.1. The van der Waals surface area contributed by atoms with Crippen molar-refractivity contribution in [3.8, 4) is 0 Å². The van der Waals surface area contributed by atoms with Gasteiger partial charge in [0.15, 0.2) is 0 Å². The number of nitrogens with zero attached hydrogens (tertiary/aromatic N) is 2. The van der Waals surface area contributed by atoms with E-state index in [0.29, 0.717) is 16.7 Å². The van der Waals surface area contributed by atoms with Crippen molar-refractivity contribution in [2.24, 2.45) is 0 Å². The number of para-hydroxylation sites is 1. The molecule has 1 fully saturated rings. The van der Waals surface area contributed by atoms with E-state index in [1.165, 1.54) is 10.8 Å². The molecule has 2 N–H and O–H groups in total. The van der Waals surface area contributed by atoms with Crippen LogP contribution in [0.1, 0.15) is 31.4 Å². The standard InChI is InChI=1S/C24H24N4O6/c29-19(25-12-16-8-5-11-33-16)13-27-21-17-9-3-4-10-18(17)34-22(21)23(31)28(24(27)32)14-20(30)26-15-6-1-2-7-15/h3-5,8-11,15H,1-2,6-7,12-14H2,(H,25,29)(H,26,30). The molecule has 0 spiro atoms. The lowest BCUT2D eigenvalue weighted by atomic mass is 10.2. The highest BCUT2D eigenvalue weighted by molar-refractivity contribution is 6.02. The number of nitrogens with one attached hydrogen (secondary N) is 2. The number of carbonyl (C=O) groups is 2. The maximum Gasteiger partial charge on any atom is 0.332 e. The van der Waals surface area contributed by atoms with E-state index in [2.05, 4.69) is 10.6 Å². The van der Waals surface area contributed by atoms with E-state index in [9.17, 15) is 19.2 Å². The number of benzene rings is 1. The predicted octanol–water partition coefficient (Wildman–Crippen LogP) is 1.88. The monoisotopic (exact) mass is 464 g/mol. The summed E-state index contributed by atoms with van der Waals surface area (Å²) in [5.41, 5.74) is -0.893. The molecule has 3 aromatic heterocycles. The first kappa shape index (κ1) is 21.7. The zero-order valence-corrected chi connectivity index (χ0v) is 18.4. The van der Waals surface area contributed by atoms with Gasteiger partial charge in [0.2, 0.25) is 17.4 Å². The number of furan rings is 2. The van der Waals surface area contributed by atoms with Gasteiger partial charge in [-0.1, -0.05) is 25.0 Å². The summed E-state index contributed by atoms with van der Waals surface area (Å²) in [4.78, 5) is 51.9. The third kappa shape index (κ3) is 4.14. The molecule has 176 valence electrons. The zero-order chi connectivity index (χ0) is 23.7. The molecule has 34 heavy (non-hydrogen) atoms. The second kappa shape index (κ2) is 9.05. The maximum absolute atomic E-state index is 13.4. The van der Waals surface area contributed by atoms with Crippen molar-refractivity contribution in [3.63, 3.8) is 0 Å². The minimum atomic E-state index is -0.751. The lowest BCUT2D eigenvalue weighted by molar-refractivity contribution is -0.122. The summed E-state index contributed by atoms with van der Waals surface area (Å²) >= 11 is 0. The molecule has 0 atom stereocenters. The van der Waals surface area contributed by atoms with E-state index >= 15 is 0 Å². The predicted molar refractivity (Wildman–Crippen MR) is 123 cm³/mol. The molecule has 1 aliphatic carbocycles. The Hall–Kier alpha value is -4.08. The molecule has 5 rings (SSSR count). The molecule has 10 heteroatoms. The van der Waals surface area contributed by atoms with Crippen LogP contribution in [0.2, 0.25) is 0 Å². The van der Waals surface area contributed by atoms with Crippen LogP contribution in [0, 0.1) is 0 Å². The van der Waals surface area contributed by atoms with Crippen molar-refractivity contribution in [2.75, 3.05) is 0 Å². The maximum atomic E-state index is 13.4. The van der Waals surface area contributed by atoms with Crippen LogP contribution in [-0.2, 0) is 29.2 Å². The van der Waals surface area contributed by atoms with Crippen LogP contribution in [0.4, 0.5) is 0 Å². The third-order valence-electron chi connectivity index (χ3n) is 6.10. The minimum absolute atomic E-state index is 0.0488. The molecule has 0 bridgehead atoms. The number of hydrogen-bond acceptors (Lipinski definition) is 6. The van der Waals surface area contributed by atoms with Gasteiger partial charge in [-0.25, -0.2) is 9.36 Å². The van der Waals surface area contributed by atoms with Gasteiger partial charge in [0, 0.05) is 11.4 Å². The van der Waals surface area contributed by atoms with Crippen LogP contribution in [-0.4, -0.2) is 27.0 Å². The topological polar surface area (TPSA) is 128 Å². The number of amides is 2. The Bertz CT molecular complexity index is 1470. The quantitative estimate of drug-likeness (QED) is 0.430. The number of rotatable bonds is 7. The average Bonchev–Trinajstić information content (AvgIpc) is 3.59. The van der Waals surface area contributed by atoms with Crippen LogP contribution in [0.3, 0.4) is 0 Å². The van der Waals surface area contributed by atoms with Gasteiger partial charge in [-0.05, 0) is 37.1 Å². The van der Waals surface area contributed by atoms with Crippen molar-refractivity contribution < 1.29 is 18.4 Å². The number of aromatic nitrogens is 2. The Labute approximate surface area is 193 Å². The molecule has 1 saturated carbocycles. The van der Waals surface area contributed by atoms with Gasteiger partial charge in [0.05, 0.1) is 12.8 Å². The van der Waals surface area contributed by atoms with Crippen LogP contribution in [0.15, 0.2) is 61.1 Å². The molecule has 2 amide bonds. The van der Waals surface area contributed by atoms with Gasteiger partial charge in [0.25, 0.3) is 5.56 Å². The Balaban J connectivity index is 1.52. The number of hydrogen-bond donors (Lipinski definition) is 2. The van der Waals surface area contributed by atoms with Crippen LogP contribution < -0.4 is 21.9 Å². The average molecular weight is 464 g/mol. The summed E-state index contributed by atoms with van der Waals surface area (Å²) in [5.74, 6) is -0.311. The summed E-state index contributed by atoms with van der Waals surface area (Å²) in [5, 5.41) is 6.12. The Morgan fingerprint density at radius 1 is 0.971 bits per heavy atom. The van der Waals surface area contributed by atoms with E-state index in [4.69, 9.17) is 8.83 Å². The van der Waals surface area contributed by atoms with E-state index in [0.717, 1.165) is 30.3 Å². The summed E-state index contributed by atoms with van der Waals surface area (Å²) in [6, 6.07) is 10.4. The fourth-order valence-electron chi connectivity index (χ4n) is 4.47. The van der Waals surface area contributed by atoms with Gasteiger partial charge in [0.1, 0.15) is 29.9 Å². The largest absolute Gasteiger partial charge is 0.467 e. The summed E-state index contributed by atoms with van der Waals surface area (Å²) < 4.78 is 13.0. The van der Waals surface area contributed by atoms with Crippen LogP contribution in [0.25, 0.3) is 22.1 Å². The molecule has 1 aliphatic rings. The van der Waals surface area contributed by atoms with Gasteiger partial charge in [-0.3, -0.25) is 19.0 Å². The smallest absolute Gasteiger partial charge is 0.332 e. The van der Waals surface area contributed by atoms with Gasteiger partial charge in [-0.2, -0.15) is 0 Å². The van der Waals surface area contributed by atoms with Crippen molar-refractivity contribution in [1.29, 1.82) is 0 Å². The van der Waals surface area contributed by atoms with E-state index in [1.54, 1.807) is 36.4 Å². The second-order valence-electron chi connectivity index (χ2n) is 8.44. The first-order valence-corrected chi connectivity index (χ1v) is 11.2. The van der Waals surface area contributed by atoms with Crippen molar-refractivity contribution in [1.82, 2.24) is 19.8 Å². The lowest BCUT2D eigenvalue weighted by Gasteiger charge is -2.14. The number of fused-ring (bicyclic) bond motifs is 3. The fourth-order valence-corrected chi connectivity index (χ4v) is 4.47. The summed E-state index contributed by atoms with van der Waals surface area (Å²) in [6.07, 6.45) is 5.33. The first-order chi connectivity index (χ1) is 16.5. The van der Waals surface area contributed by atoms with Crippen LogP contribution >= 0.6 is 0 Å². The third-order valence-corrected chi connectivity index (χ3v) is 6.10. The van der Waals surface area contributed by atoms with Crippen molar-refractivity contribution in [3.05, 3.63) is 69.3 Å². The highest BCUT2D eigenvalue weighted by atomic mass is 16.3. The Kier molecular flexibility index (Phi) is 5.79. The molecular weight excluding hydrogens is 440 g/mol. The van der Waals surface area contributed by atoms with Crippen molar-refractivity contribution in [2.45, 2.75) is 51.4 Å². The fraction of sp³-hybridized carbons (Fsp3) is 0.333. The molecule has 3 heterocycles. The van der Waals surface area contributed by atoms with Crippen LogP contribution in [0.5, 0.6) is 0 Å². The summed E-state index contributed by atoms with van der Waals surface area (Å²) in [7, 11) is 0. The van der Waals surface area contributed by atoms with Gasteiger partial charge in [-0.15, -0.1) is 0 Å². The minimum Gasteiger partial charge on any atom is -0.467 e. The van der Waals surface area contributed by atoms with Crippen molar-refractivity contribution >= 4 is 33.9 Å². The molecule has 0 radical (unpaired) electrons. The first-order valence-electron chi connectivity index (χ1n) is 11.2. The highest BCUT2D eigenvalue weighted by Gasteiger charge is 2.23. The van der Waals surface area contributed by atoms with Gasteiger partial charge >= 0.3 is 5.69 Å². The highest BCUT2D eigenvalue weighted by Crippen LogP contribution is 2.25. The second-order valence-corrected chi connectivity index (χ2v) is 8.44. The van der Waals surface area contributed by atoms with E-state index in [-0.39, 0.29) is 30.2 Å². The molecule has 0 aliphatic heterocycles. The Morgan fingerprint density at radius 3 is 2.50 bits per heavy atom. The molecule has 0 unspecified atom stereocenters. The summed E-state index contributed by atoms with van der Waals surface area (Å²) in [6.45, 7) is -0.654. The molecule has 10 nitrogen and oxygen atoms in total. The van der Waals surface area contributed by atoms with E-state index in [1.807, 2.05) is 0 Å². The SMILES string of the molecule is O=C(Cn1c(=O)n(CC(=O)NC2CCCC2)c(=O)c2oc3ccccc3c21)NCc1ccco1. The zero-order valence-electron chi connectivity index (χ0n) is 18.4. The molecule has 4 aromatic rings. The van der Waals surface area contributed by atoms with E-state index < -0.39 is 29.6 Å². The van der Waals surface area contributed by atoms with Gasteiger partial charge < -0.3 is 19.5 Å².